The average molecular weight is 361 g/mol. The van der Waals surface area contributed by atoms with Crippen LogP contribution < -0.4 is 10.6 Å². The van der Waals surface area contributed by atoms with Gasteiger partial charge in [0, 0.05) is 23.5 Å². The quantitative estimate of drug-likeness (QED) is 0.608. The van der Waals surface area contributed by atoms with Crippen molar-refractivity contribution in [2.75, 3.05) is 5.32 Å². The molecule has 0 bridgehead atoms. The lowest BCUT2D eigenvalue weighted by molar-refractivity contribution is -0.111. The van der Waals surface area contributed by atoms with Gasteiger partial charge in [-0.25, -0.2) is 9.97 Å². The van der Waals surface area contributed by atoms with Crippen molar-refractivity contribution in [1.82, 2.24) is 20.3 Å². The largest absolute Gasteiger partial charge is 0.349 e. The number of carbonyl (C=O) groups excluding carboxylic acids is 2. The normalized spacial score (nSPS) is 13.8. The molecule has 1 aromatic carbocycles. The van der Waals surface area contributed by atoms with Crippen molar-refractivity contribution in [3.63, 3.8) is 0 Å². The molecular formula is C20H19N5O2. The number of anilines is 1. The van der Waals surface area contributed by atoms with Gasteiger partial charge in [-0.05, 0) is 37.5 Å². The van der Waals surface area contributed by atoms with E-state index in [4.69, 9.17) is 0 Å². The molecule has 1 fully saturated rings. The van der Waals surface area contributed by atoms with Crippen molar-refractivity contribution in [1.29, 1.82) is 0 Å². The first-order valence-electron chi connectivity index (χ1n) is 8.83. The summed E-state index contributed by atoms with van der Waals surface area (Å²) in [4.78, 5) is 36.0. The van der Waals surface area contributed by atoms with Gasteiger partial charge in [0.25, 0.3) is 5.91 Å². The third-order valence-corrected chi connectivity index (χ3v) is 4.68. The van der Waals surface area contributed by atoms with Crippen molar-refractivity contribution in [3.8, 4) is 11.3 Å². The lowest BCUT2D eigenvalue weighted by Crippen LogP contribution is -2.39. The topological polar surface area (TPSA) is 99.8 Å². The van der Waals surface area contributed by atoms with Crippen LogP contribution in [0.3, 0.4) is 0 Å². The van der Waals surface area contributed by atoms with Crippen LogP contribution in [0.25, 0.3) is 22.4 Å². The number of aromatic nitrogens is 3. The van der Waals surface area contributed by atoms with Crippen molar-refractivity contribution in [2.45, 2.75) is 25.3 Å². The molecule has 0 radical (unpaired) electrons. The van der Waals surface area contributed by atoms with E-state index < -0.39 is 0 Å². The van der Waals surface area contributed by atoms with E-state index in [0.29, 0.717) is 28.1 Å². The van der Waals surface area contributed by atoms with Gasteiger partial charge in [-0.3, -0.25) is 9.59 Å². The SMILES string of the molecule is C=CC(=O)Nc1cccc(-c2cnc3[nH]cc(C(=O)NC4CCC4)c3n2)c1. The summed E-state index contributed by atoms with van der Waals surface area (Å²) in [6.45, 7) is 3.45. The maximum atomic E-state index is 12.5. The maximum Gasteiger partial charge on any atom is 0.255 e. The lowest BCUT2D eigenvalue weighted by Gasteiger charge is -2.26. The first kappa shape index (κ1) is 17.0. The second kappa shape index (κ2) is 7.03. The smallest absolute Gasteiger partial charge is 0.255 e. The van der Waals surface area contributed by atoms with Crippen LogP contribution in [-0.4, -0.2) is 32.8 Å². The minimum atomic E-state index is -0.283. The molecule has 7 nitrogen and oxygen atoms in total. The Morgan fingerprint density at radius 1 is 1.30 bits per heavy atom. The van der Waals surface area contributed by atoms with Gasteiger partial charge >= 0.3 is 0 Å². The summed E-state index contributed by atoms with van der Waals surface area (Å²) in [6.07, 6.45) is 7.69. The minimum absolute atomic E-state index is 0.135. The molecule has 1 saturated carbocycles. The number of fused-ring (bicyclic) bond motifs is 1. The monoisotopic (exact) mass is 361 g/mol. The molecule has 4 rings (SSSR count). The Labute approximate surface area is 155 Å². The second-order valence-electron chi connectivity index (χ2n) is 6.53. The van der Waals surface area contributed by atoms with E-state index in [9.17, 15) is 9.59 Å². The van der Waals surface area contributed by atoms with E-state index in [2.05, 4.69) is 32.2 Å². The number of benzene rings is 1. The number of hydrogen-bond acceptors (Lipinski definition) is 4. The number of amides is 2. The maximum absolute atomic E-state index is 12.5. The predicted octanol–water partition coefficient (Wildman–Crippen LogP) is 3.03. The molecule has 0 atom stereocenters. The molecule has 2 aromatic heterocycles. The van der Waals surface area contributed by atoms with Crippen LogP contribution in [0, 0.1) is 0 Å². The number of nitrogens with zero attached hydrogens (tertiary/aromatic N) is 2. The number of rotatable bonds is 5. The van der Waals surface area contributed by atoms with Crippen LogP contribution in [0.4, 0.5) is 5.69 Å². The fourth-order valence-electron chi connectivity index (χ4n) is 2.97. The van der Waals surface area contributed by atoms with Crippen molar-refractivity contribution in [3.05, 3.63) is 54.9 Å². The van der Waals surface area contributed by atoms with Crippen molar-refractivity contribution < 1.29 is 9.59 Å². The summed E-state index contributed by atoms with van der Waals surface area (Å²) < 4.78 is 0. The summed E-state index contributed by atoms with van der Waals surface area (Å²) in [6, 6.07) is 7.54. The van der Waals surface area contributed by atoms with E-state index in [1.54, 1.807) is 24.5 Å². The van der Waals surface area contributed by atoms with E-state index in [1.165, 1.54) is 6.08 Å². The summed E-state index contributed by atoms with van der Waals surface area (Å²) in [7, 11) is 0. The van der Waals surface area contributed by atoms with Gasteiger partial charge in [0.1, 0.15) is 5.52 Å². The molecule has 0 spiro atoms. The van der Waals surface area contributed by atoms with Gasteiger partial charge in [0.2, 0.25) is 5.91 Å². The van der Waals surface area contributed by atoms with Crippen molar-refractivity contribution >= 4 is 28.7 Å². The van der Waals surface area contributed by atoms with Crippen molar-refractivity contribution in [2.24, 2.45) is 0 Å². The Hall–Kier alpha value is -3.48. The summed E-state index contributed by atoms with van der Waals surface area (Å²) in [5.74, 6) is -0.418. The number of aromatic amines is 1. The highest BCUT2D eigenvalue weighted by molar-refractivity contribution is 6.05. The first-order chi connectivity index (χ1) is 13.1. The Morgan fingerprint density at radius 2 is 2.15 bits per heavy atom. The number of hydrogen-bond donors (Lipinski definition) is 3. The van der Waals surface area contributed by atoms with Gasteiger partial charge in [-0.2, -0.15) is 0 Å². The summed E-state index contributed by atoms with van der Waals surface area (Å²) >= 11 is 0. The zero-order valence-electron chi connectivity index (χ0n) is 14.7. The van der Waals surface area contributed by atoms with Gasteiger partial charge in [-0.15, -0.1) is 0 Å². The fourth-order valence-corrected chi connectivity index (χ4v) is 2.97. The molecule has 27 heavy (non-hydrogen) atoms. The van der Waals surface area contributed by atoms with Gasteiger partial charge in [-0.1, -0.05) is 18.7 Å². The molecule has 3 aromatic rings. The van der Waals surface area contributed by atoms with Gasteiger partial charge < -0.3 is 15.6 Å². The molecular weight excluding hydrogens is 342 g/mol. The Kier molecular flexibility index (Phi) is 4.42. The Bertz CT molecular complexity index is 1040. The molecule has 1 aliphatic rings. The highest BCUT2D eigenvalue weighted by atomic mass is 16.2. The fraction of sp³-hybridized carbons (Fsp3) is 0.200. The lowest BCUT2D eigenvalue weighted by atomic mass is 9.93. The second-order valence-corrected chi connectivity index (χ2v) is 6.53. The molecule has 0 unspecified atom stereocenters. The highest BCUT2D eigenvalue weighted by Gasteiger charge is 2.22. The minimum Gasteiger partial charge on any atom is -0.349 e. The van der Waals surface area contributed by atoms with E-state index in [1.807, 2.05) is 12.1 Å². The third kappa shape index (κ3) is 3.44. The molecule has 2 amide bonds. The van der Waals surface area contributed by atoms with Gasteiger partial charge in [0.15, 0.2) is 5.65 Å². The highest BCUT2D eigenvalue weighted by Crippen LogP contribution is 2.24. The number of H-pyrrole nitrogens is 1. The van der Waals surface area contributed by atoms with Crippen LogP contribution in [0.2, 0.25) is 0 Å². The molecule has 0 aliphatic heterocycles. The zero-order chi connectivity index (χ0) is 18.8. The Morgan fingerprint density at radius 3 is 2.89 bits per heavy atom. The molecule has 1 aliphatic carbocycles. The predicted molar refractivity (Wildman–Crippen MR) is 103 cm³/mol. The van der Waals surface area contributed by atoms with Crippen LogP contribution in [0.15, 0.2) is 49.3 Å². The summed E-state index contributed by atoms with van der Waals surface area (Å²) in [5, 5.41) is 5.75. The standard InChI is InChI=1S/C20H19N5O2/c1-2-17(26)23-14-8-3-5-12(9-14)16-11-22-19-18(25-16)15(10-21-19)20(27)24-13-6-4-7-13/h2-3,5,8-11,13H,1,4,6-7H2,(H,21,22)(H,23,26)(H,24,27). The van der Waals surface area contributed by atoms with Crippen LogP contribution in [0.1, 0.15) is 29.6 Å². The molecule has 7 heteroatoms. The van der Waals surface area contributed by atoms with E-state index in [0.717, 1.165) is 24.8 Å². The van der Waals surface area contributed by atoms with Crippen LogP contribution in [0.5, 0.6) is 0 Å². The summed E-state index contributed by atoms with van der Waals surface area (Å²) in [5.41, 5.74) is 3.63. The third-order valence-electron chi connectivity index (χ3n) is 4.68. The molecule has 3 N–H and O–H groups in total. The van der Waals surface area contributed by atoms with Gasteiger partial charge in [0.05, 0.1) is 17.5 Å². The number of carbonyl (C=O) groups is 2. The molecule has 136 valence electrons. The van der Waals surface area contributed by atoms with E-state index in [-0.39, 0.29) is 17.9 Å². The number of nitrogens with one attached hydrogen (secondary N) is 3. The van der Waals surface area contributed by atoms with Crippen LogP contribution >= 0.6 is 0 Å². The first-order valence-corrected chi connectivity index (χ1v) is 8.83. The zero-order valence-corrected chi connectivity index (χ0v) is 14.7. The van der Waals surface area contributed by atoms with E-state index >= 15 is 0 Å². The molecule has 0 saturated heterocycles. The molecule has 2 heterocycles. The Balaban J connectivity index is 1.65. The van der Waals surface area contributed by atoms with Crippen LogP contribution in [-0.2, 0) is 4.79 Å². The average Bonchev–Trinajstić information content (AvgIpc) is 3.08.